The number of carbonyl (C=O) groups is 2. The van der Waals surface area contributed by atoms with E-state index in [1.807, 2.05) is 11.8 Å². The number of hydrogen-bond donors (Lipinski definition) is 0. The molecule has 1 fully saturated rings. The average Bonchev–Trinajstić information content (AvgIpc) is 3.00. The third-order valence-corrected chi connectivity index (χ3v) is 5.68. The minimum absolute atomic E-state index is 0.244. The van der Waals surface area contributed by atoms with Gasteiger partial charge in [-0.2, -0.15) is 0 Å². The van der Waals surface area contributed by atoms with Gasteiger partial charge >= 0.3 is 0 Å². The summed E-state index contributed by atoms with van der Waals surface area (Å²) in [5.41, 5.74) is 1.67. The first-order valence-electron chi connectivity index (χ1n) is 10.4. The van der Waals surface area contributed by atoms with E-state index in [-0.39, 0.29) is 5.69 Å². The normalized spacial score (nSPS) is 17.8. The van der Waals surface area contributed by atoms with Crippen LogP contribution in [-0.4, -0.2) is 36.4 Å². The van der Waals surface area contributed by atoms with Crippen molar-refractivity contribution in [1.82, 2.24) is 4.90 Å². The monoisotopic (exact) mass is 408 g/mol. The van der Waals surface area contributed by atoms with Crippen LogP contribution in [0.15, 0.2) is 54.2 Å². The quantitative estimate of drug-likeness (QED) is 0.695. The second-order valence-electron chi connectivity index (χ2n) is 7.78. The Morgan fingerprint density at radius 1 is 1.03 bits per heavy atom. The number of anilines is 1. The van der Waals surface area contributed by atoms with Crippen LogP contribution in [0.4, 0.5) is 10.1 Å². The first-order chi connectivity index (χ1) is 14.5. The Hall–Kier alpha value is -3.15. The van der Waals surface area contributed by atoms with E-state index in [1.165, 1.54) is 18.2 Å². The third kappa shape index (κ3) is 3.70. The van der Waals surface area contributed by atoms with E-state index in [0.717, 1.165) is 17.7 Å². The number of likely N-dealkylation sites (tertiary alicyclic amines) is 1. The summed E-state index contributed by atoms with van der Waals surface area (Å²) in [5, 5.41) is 0. The van der Waals surface area contributed by atoms with Crippen LogP contribution in [0.1, 0.15) is 32.3 Å². The molecule has 2 amide bonds. The molecule has 5 nitrogen and oxygen atoms in total. The Bertz CT molecular complexity index is 992. The van der Waals surface area contributed by atoms with Crippen LogP contribution in [0.2, 0.25) is 0 Å². The van der Waals surface area contributed by atoms with Crippen LogP contribution in [0, 0.1) is 11.7 Å². The first kappa shape index (κ1) is 20.1. The van der Waals surface area contributed by atoms with Crippen LogP contribution in [0.5, 0.6) is 5.75 Å². The zero-order chi connectivity index (χ0) is 21.3. The van der Waals surface area contributed by atoms with E-state index < -0.39 is 17.6 Å². The summed E-state index contributed by atoms with van der Waals surface area (Å²) < 4.78 is 19.3. The molecule has 2 aliphatic heterocycles. The van der Waals surface area contributed by atoms with Crippen molar-refractivity contribution in [2.75, 3.05) is 24.6 Å². The fraction of sp³-hybridized carbons (Fsp3) is 0.333. The standard InChI is InChI=1S/C24H25FN2O3/c1-3-30-20-9-7-17(8-10-20)21-22(26-13-11-16(2)12-14-26)24(29)27(23(21)28)19-6-4-5-18(25)15-19/h4-10,15-16H,3,11-14H2,1-2H3. The molecule has 0 radical (unpaired) electrons. The third-order valence-electron chi connectivity index (χ3n) is 5.68. The van der Waals surface area contributed by atoms with Gasteiger partial charge < -0.3 is 9.64 Å². The number of ether oxygens (including phenoxy) is 1. The largest absolute Gasteiger partial charge is 0.494 e. The molecule has 2 aromatic carbocycles. The van der Waals surface area contributed by atoms with E-state index in [0.29, 0.717) is 48.2 Å². The van der Waals surface area contributed by atoms with Crippen molar-refractivity contribution in [3.8, 4) is 5.75 Å². The summed E-state index contributed by atoms with van der Waals surface area (Å²) >= 11 is 0. The van der Waals surface area contributed by atoms with Crippen molar-refractivity contribution in [2.24, 2.45) is 5.92 Å². The van der Waals surface area contributed by atoms with Gasteiger partial charge in [-0.05, 0) is 61.6 Å². The lowest BCUT2D eigenvalue weighted by molar-refractivity contribution is -0.120. The van der Waals surface area contributed by atoms with E-state index in [2.05, 4.69) is 6.92 Å². The highest BCUT2D eigenvalue weighted by Gasteiger charge is 2.43. The zero-order valence-corrected chi connectivity index (χ0v) is 17.2. The van der Waals surface area contributed by atoms with Gasteiger partial charge in [0.15, 0.2) is 0 Å². The van der Waals surface area contributed by atoms with Crippen LogP contribution in [-0.2, 0) is 9.59 Å². The van der Waals surface area contributed by atoms with Crippen LogP contribution in [0.25, 0.3) is 5.57 Å². The molecule has 0 spiro atoms. The molecule has 4 rings (SSSR count). The highest BCUT2D eigenvalue weighted by Crippen LogP contribution is 2.37. The van der Waals surface area contributed by atoms with Crippen molar-refractivity contribution in [3.63, 3.8) is 0 Å². The average molecular weight is 408 g/mol. The number of imide groups is 1. The maximum Gasteiger partial charge on any atom is 0.282 e. The van der Waals surface area contributed by atoms with Crippen LogP contribution < -0.4 is 9.64 Å². The molecule has 0 unspecified atom stereocenters. The van der Waals surface area contributed by atoms with E-state index >= 15 is 0 Å². The molecule has 0 saturated carbocycles. The van der Waals surface area contributed by atoms with Crippen molar-refractivity contribution >= 4 is 23.1 Å². The summed E-state index contributed by atoms with van der Waals surface area (Å²) in [6, 6.07) is 12.8. The molecule has 2 heterocycles. The van der Waals surface area contributed by atoms with E-state index in [1.54, 1.807) is 30.3 Å². The van der Waals surface area contributed by atoms with E-state index in [4.69, 9.17) is 4.74 Å². The molecule has 1 saturated heterocycles. The van der Waals surface area contributed by atoms with Crippen molar-refractivity contribution in [3.05, 3.63) is 65.6 Å². The number of carbonyl (C=O) groups excluding carboxylic acids is 2. The molecule has 30 heavy (non-hydrogen) atoms. The molecule has 156 valence electrons. The minimum Gasteiger partial charge on any atom is -0.494 e. The maximum absolute atomic E-state index is 13.8. The number of piperidine rings is 1. The lowest BCUT2D eigenvalue weighted by Gasteiger charge is -2.32. The fourth-order valence-electron chi connectivity index (χ4n) is 4.04. The Balaban J connectivity index is 1.77. The van der Waals surface area contributed by atoms with Crippen molar-refractivity contribution in [1.29, 1.82) is 0 Å². The SMILES string of the molecule is CCOc1ccc(C2=C(N3CCC(C)CC3)C(=O)N(c3cccc(F)c3)C2=O)cc1. The predicted molar refractivity (Wildman–Crippen MR) is 113 cm³/mol. The fourth-order valence-corrected chi connectivity index (χ4v) is 4.04. The van der Waals surface area contributed by atoms with Gasteiger partial charge in [0.05, 0.1) is 17.9 Å². The van der Waals surface area contributed by atoms with Gasteiger partial charge in [-0.25, -0.2) is 9.29 Å². The van der Waals surface area contributed by atoms with Crippen LogP contribution in [0.3, 0.4) is 0 Å². The maximum atomic E-state index is 13.8. The van der Waals surface area contributed by atoms with Crippen molar-refractivity contribution in [2.45, 2.75) is 26.7 Å². The molecular weight excluding hydrogens is 383 g/mol. The Labute approximate surface area is 175 Å². The van der Waals surface area contributed by atoms with Crippen LogP contribution >= 0.6 is 0 Å². The number of benzene rings is 2. The molecule has 0 N–H and O–H groups in total. The van der Waals surface area contributed by atoms with Gasteiger partial charge in [-0.1, -0.05) is 25.1 Å². The van der Waals surface area contributed by atoms with Gasteiger partial charge in [0.2, 0.25) is 0 Å². The predicted octanol–water partition coefficient (Wildman–Crippen LogP) is 4.24. The Morgan fingerprint density at radius 2 is 1.73 bits per heavy atom. The number of amides is 2. The van der Waals surface area contributed by atoms with E-state index in [9.17, 15) is 14.0 Å². The topological polar surface area (TPSA) is 49.9 Å². The van der Waals surface area contributed by atoms with Gasteiger partial charge in [-0.15, -0.1) is 0 Å². The number of nitrogens with zero attached hydrogens (tertiary/aromatic N) is 2. The molecular formula is C24H25FN2O3. The number of rotatable bonds is 5. The van der Waals surface area contributed by atoms with Gasteiger partial charge in [0.1, 0.15) is 17.3 Å². The Kier molecular flexibility index (Phi) is 5.57. The summed E-state index contributed by atoms with van der Waals surface area (Å²) in [4.78, 5) is 29.9. The minimum atomic E-state index is -0.490. The summed E-state index contributed by atoms with van der Waals surface area (Å²) in [6.07, 6.45) is 1.92. The lowest BCUT2D eigenvalue weighted by Crippen LogP contribution is -2.38. The summed E-state index contributed by atoms with van der Waals surface area (Å²) in [5.74, 6) is -0.0281. The highest BCUT2D eigenvalue weighted by atomic mass is 19.1. The molecule has 2 aliphatic rings. The molecule has 0 bridgehead atoms. The number of halogens is 1. The first-order valence-corrected chi connectivity index (χ1v) is 10.4. The summed E-state index contributed by atoms with van der Waals surface area (Å²) in [6.45, 7) is 6.08. The van der Waals surface area contributed by atoms with Gasteiger partial charge in [0.25, 0.3) is 11.8 Å². The lowest BCUT2D eigenvalue weighted by atomic mass is 9.97. The molecule has 0 atom stereocenters. The van der Waals surface area contributed by atoms with Gasteiger partial charge in [-0.3, -0.25) is 9.59 Å². The van der Waals surface area contributed by atoms with Gasteiger partial charge in [0, 0.05) is 13.1 Å². The Morgan fingerprint density at radius 3 is 2.37 bits per heavy atom. The molecule has 2 aromatic rings. The molecule has 0 aliphatic carbocycles. The number of hydrogen-bond acceptors (Lipinski definition) is 4. The van der Waals surface area contributed by atoms with Crippen molar-refractivity contribution < 1.29 is 18.7 Å². The summed E-state index contributed by atoms with van der Waals surface area (Å²) in [7, 11) is 0. The highest BCUT2D eigenvalue weighted by molar-refractivity contribution is 6.45. The second-order valence-corrected chi connectivity index (χ2v) is 7.78. The smallest absolute Gasteiger partial charge is 0.282 e. The zero-order valence-electron chi connectivity index (χ0n) is 17.2. The second kappa shape index (κ2) is 8.30. The molecule has 0 aromatic heterocycles. The molecule has 6 heteroatoms.